The quantitative estimate of drug-likeness (QED) is 0.202. The van der Waals surface area contributed by atoms with E-state index in [1.54, 1.807) is 18.2 Å². The van der Waals surface area contributed by atoms with Gasteiger partial charge >= 0.3 is 11.9 Å². The van der Waals surface area contributed by atoms with Crippen molar-refractivity contribution >= 4 is 33.7 Å². The molecule has 0 heterocycles. The number of carboxylic acid groups (broad SMARTS) is 1. The Balaban J connectivity index is 2.06. The van der Waals surface area contributed by atoms with E-state index in [9.17, 15) is 14.4 Å². The van der Waals surface area contributed by atoms with Gasteiger partial charge < -0.3 is 19.3 Å². The monoisotopic (exact) mass is 492 g/mol. The van der Waals surface area contributed by atoms with Crippen LogP contribution in [0.25, 0.3) is 0 Å². The first-order chi connectivity index (χ1) is 14.7. The van der Waals surface area contributed by atoms with Crippen molar-refractivity contribution in [3.8, 4) is 17.2 Å². The summed E-state index contributed by atoms with van der Waals surface area (Å²) < 4.78 is 17.6. The molecule has 0 aromatic heterocycles. The third kappa shape index (κ3) is 6.82. The Labute approximate surface area is 189 Å². The van der Waals surface area contributed by atoms with Crippen molar-refractivity contribution in [2.24, 2.45) is 0 Å². The summed E-state index contributed by atoms with van der Waals surface area (Å²) in [5.74, 6) is -0.472. The van der Waals surface area contributed by atoms with Gasteiger partial charge in [-0.15, -0.1) is 0 Å². The molecule has 166 valence electrons. The molecular formula is C23H25BrO7. The van der Waals surface area contributed by atoms with Crippen LogP contribution in [0.5, 0.6) is 17.2 Å². The summed E-state index contributed by atoms with van der Waals surface area (Å²) in [6, 6.07) is 7.88. The normalized spacial score (nSPS) is 10.5. The number of rotatable bonds is 11. The lowest BCUT2D eigenvalue weighted by Gasteiger charge is -2.17. The lowest BCUT2D eigenvalue weighted by atomic mass is 10.0. The van der Waals surface area contributed by atoms with E-state index in [0.717, 1.165) is 6.42 Å². The van der Waals surface area contributed by atoms with Crippen molar-refractivity contribution in [1.29, 1.82) is 0 Å². The minimum Gasteiger partial charge on any atom is -0.493 e. The summed E-state index contributed by atoms with van der Waals surface area (Å²) in [6.45, 7) is 5.34. The molecule has 0 saturated heterocycles. The first-order valence-electron chi connectivity index (χ1n) is 9.88. The zero-order valence-corrected chi connectivity index (χ0v) is 19.3. The Morgan fingerprint density at radius 2 is 1.68 bits per heavy atom. The van der Waals surface area contributed by atoms with Crippen LogP contribution < -0.4 is 14.2 Å². The van der Waals surface area contributed by atoms with Gasteiger partial charge in [0, 0.05) is 18.9 Å². The van der Waals surface area contributed by atoms with Gasteiger partial charge in [0.1, 0.15) is 17.2 Å². The lowest BCUT2D eigenvalue weighted by Crippen LogP contribution is -2.11. The second-order valence-electron chi connectivity index (χ2n) is 6.82. The van der Waals surface area contributed by atoms with Crippen LogP contribution >= 0.6 is 15.9 Å². The second kappa shape index (κ2) is 11.5. The minimum atomic E-state index is -1.03. The van der Waals surface area contributed by atoms with E-state index in [1.165, 1.54) is 26.0 Å². The number of Topliss-reactive ketones (excluding diaryl/α,β-unsaturated/α-hetero) is 1. The highest BCUT2D eigenvalue weighted by atomic mass is 79.9. The van der Waals surface area contributed by atoms with Crippen molar-refractivity contribution in [3.05, 3.63) is 51.5 Å². The molecule has 0 unspecified atom stereocenters. The average Bonchev–Trinajstić information content (AvgIpc) is 2.70. The number of esters is 1. The summed E-state index contributed by atoms with van der Waals surface area (Å²) in [5, 5.41) is 9.09. The molecule has 0 amide bonds. The topological polar surface area (TPSA) is 99.1 Å². The van der Waals surface area contributed by atoms with Crippen LogP contribution in [0.2, 0.25) is 0 Å². The molecule has 0 aliphatic heterocycles. The molecule has 0 fully saturated rings. The van der Waals surface area contributed by atoms with Gasteiger partial charge in [-0.3, -0.25) is 9.59 Å². The van der Waals surface area contributed by atoms with E-state index < -0.39 is 11.9 Å². The predicted molar refractivity (Wildman–Crippen MR) is 118 cm³/mol. The van der Waals surface area contributed by atoms with Crippen molar-refractivity contribution in [2.45, 2.75) is 40.0 Å². The van der Waals surface area contributed by atoms with Gasteiger partial charge in [-0.2, -0.15) is 0 Å². The van der Waals surface area contributed by atoms with Gasteiger partial charge in [-0.1, -0.05) is 13.3 Å². The fourth-order valence-corrected chi connectivity index (χ4v) is 3.30. The second-order valence-corrected chi connectivity index (χ2v) is 7.67. The van der Waals surface area contributed by atoms with Crippen molar-refractivity contribution in [2.75, 3.05) is 13.2 Å². The van der Waals surface area contributed by atoms with Crippen LogP contribution in [0.15, 0.2) is 34.8 Å². The van der Waals surface area contributed by atoms with Gasteiger partial charge in [0.05, 0.1) is 28.8 Å². The Bertz CT molecular complexity index is 969. The number of carbonyl (C=O) groups excluding carboxylic acids is 2. The van der Waals surface area contributed by atoms with Crippen molar-refractivity contribution in [3.63, 3.8) is 0 Å². The van der Waals surface area contributed by atoms with Gasteiger partial charge in [0.15, 0.2) is 5.78 Å². The van der Waals surface area contributed by atoms with Crippen molar-refractivity contribution in [1.82, 2.24) is 0 Å². The molecule has 0 spiro atoms. The van der Waals surface area contributed by atoms with Gasteiger partial charge in [0.2, 0.25) is 0 Å². The molecule has 31 heavy (non-hydrogen) atoms. The van der Waals surface area contributed by atoms with Crippen LogP contribution in [0.1, 0.15) is 59.9 Å². The number of carbonyl (C=O) groups is 3. The zero-order valence-electron chi connectivity index (χ0n) is 17.7. The molecule has 0 saturated carbocycles. The van der Waals surface area contributed by atoms with Crippen LogP contribution in [0.4, 0.5) is 0 Å². The van der Waals surface area contributed by atoms with Gasteiger partial charge in [0.25, 0.3) is 0 Å². The van der Waals surface area contributed by atoms with Gasteiger partial charge in [-0.05, 0) is 59.6 Å². The maximum atomic E-state index is 12.0. The largest absolute Gasteiger partial charge is 0.493 e. The highest BCUT2D eigenvalue weighted by Gasteiger charge is 2.19. The number of ether oxygens (including phenoxy) is 3. The van der Waals surface area contributed by atoms with Gasteiger partial charge in [-0.25, -0.2) is 4.79 Å². The molecule has 2 rings (SSSR count). The summed E-state index contributed by atoms with van der Waals surface area (Å²) in [7, 11) is 0. The molecule has 0 aliphatic carbocycles. The number of ketones is 1. The van der Waals surface area contributed by atoms with Crippen LogP contribution in [0.3, 0.4) is 0 Å². The highest BCUT2D eigenvalue weighted by Crippen LogP contribution is 2.34. The molecular weight excluding hydrogens is 468 g/mol. The number of hydrogen-bond donors (Lipinski definition) is 1. The molecule has 1 N–H and O–H groups in total. The van der Waals surface area contributed by atoms with Crippen LogP contribution in [-0.2, 0) is 11.2 Å². The maximum absolute atomic E-state index is 12.0. The minimum absolute atomic E-state index is 0.141. The Morgan fingerprint density at radius 3 is 2.26 bits per heavy atom. The molecule has 2 aromatic rings. The third-order valence-corrected chi connectivity index (χ3v) is 4.98. The lowest BCUT2D eigenvalue weighted by molar-refractivity contribution is -0.131. The van der Waals surface area contributed by atoms with Crippen LogP contribution in [0, 0.1) is 0 Å². The molecule has 0 aliphatic rings. The third-order valence-electron chi connectivity index (χ3n) is 4.32. The molecule has 0 radical (unpaired) electrons. The number of hydrogen-bond acceptors (Lipinski definition) is 6. The Kier molecular flexibility index (Phi) is 9.05. The number of aromatic carboxylic acids is 1. The SMILES string of the molecule is CCCc1c(OCCCOc2cc(C(=O)O)ccc2Br)ccc(C(C)=O)c1OC(C)=O. The highest BCUT2D eigenvalue weighted by molar-refractivity contribution is 9.10. The zero-order chi connectivity index (χ0) is 23.0. The molecule has 0 atom stereocenters. The predicted octanol–water partition coefficient (Wildman–Crippen LogP) is 5.08. The fraction of sp³-hybridized carbons (Fsp3) is 0.348. The first-order valence-corrected chi connectivity index (χ1v) is 10.7. The summed E-state index contributed by atoms with van der Waals surface area (Å²) >= 11 is 3.34. The summed E-state index contributed by atoms with van der Waals surface area (Å²) in [5.41, 5.74) is 1.17. The number of halogens is 1. The molecule has 8 heteroatoms. The average molecular weight is 493 g/mol. The van der Waals surface area contributed by atoms with Crippen LogP contribution in [-0.4, -0.2) is 36.0 Å². The fourth-order valence-electron chi connectivity index (χ4n) is 2.94. The van der Waals surface area contributed by atoms with Crippen molar-refractivity contribution < 1.29 is 33.7 Å². The van der Waals surface area contributed by atoms with E-state index >= 15 is 0 Å². The summed E-state index contributed by atoms with van der Waals surface area (Å²) in [4.78, 5) is 34.6. The van der Waals surface area contributed by atoms with E-state index in [0.29, 0.717) is 53.2 Å². The smallest absolute Gasteiger partial charge is 0.335 e. The maximum Gasteiger partial charge on any atom is 0.335 e. The number of benzene rings is 2. The van der Waals surface area contributed by atoms with E-state index in [1.807, 2.05) is 6.92 Å². The van der Waals surface area contributed by atoms with E-state index in [2.05, 4.69) is 15.9 Å². The number of carboxylic acids is 1. The Hall–Kier alpha value is -2.87. The first kappa shape index (κ1) is 24.4. The van der Waals surface area contributed by atoms with E-state index in [-0.39, 0.29) is 17.1 Å². The summed E-state index contributed by atoms with van der Waals surface area (Å²) in [6.07, 6.45) is 1.90. The Morgan fingerprint density at radius 1 is 1.00 bits per heavy atom. The molecule has 7 nitrogen and oxygen atoms in total. The molecule has 2 aromatic carbocycles. The standard InChI is InChI=1S/C23H25BrO7/c1-4-6-18-20(10-8-17(14(2)25)22(18)31-15(3)26)29-11-5-12-30-21-13-16(23(27)28)7-9-19(21)24/h7-10,13H,4-6,11-12H2,1-3H3,(H,27,28). The van der Waals surface area contributed by atoms with E-state index in [4.69, 9.17) is 19.3 Å². The molecule has 0 bridgehead atoms.